The molecule has 0 aliphatic rings. The van der Waals surface area contributed by atoms with Crippen LogP contribution in [0.15, 0.2) is 42.5 Å². The lowest BCUT2D eigenvalue weighted by molar-refractivity contribution is -0.118. The molecule has 4 nitrogen and oxygen atoms in total. The van der Waals surface area contributed by atoms with Crippen LogP contribution < -0.4 is 10.1 Å². The normalized spacial score (nSPS) is 10.0. The topological polar surface area (TPSA) is 55.4 Å². The van der Waals surface area contributed by atoms with Gasteiger partial charge in [-0.2, -0.15) is 0 Å². The number of ether oxygens (including phenoxy) is 1. The predicted octanol–water partition coefficient (Wildman–Crippen LogP) is 3.43. The number of hydrogen-bond donors (Lipinski definition) is 1. The zero-order valence-corrected chi connectivity index (χ0v) is 13.6. The third-order valence-corrected chi connectivity index (χ3v) is 3.50. The molecule has 5 heteroatoms. The fourth-order valence-corrected chi connectivity index (χ4v) is 2.43. The summed E-state index contributed by atoms with van der Waals surface area (Å²) in [7, 11) is 0. The van der Waals surface area contributed by atoms with Crippen molar-refractivity contribution in [3.8, 4) is 5.75 Å². The van der Waals surface area contributed by atoms with Gasteiger partial charge in [-0.25, -0.2) is 0 Å². The SMILES string of the molecule is Cc1cc(I)ccc1NC(=O)COc1cccc(C=O)c1. The minimum Gasteiger partial charge on any atom is -0.484 e. The van der Waals surface area contributed by atoms with Gasteiger partial charge in [0.25, 0.3) is 5.91 Å². The van der Waals surface area contributed by atoms with Crippen molar-refractivity contribution in [1.82, 2.24) is 0 Å². The first kappa shape index (κ1) is 15.5. The molecule has 108 valence electrons. The lowest BCUT2D eigenvalue weighted by Crippen LogP contribution is -2.20. The maximum atomic E-state index is 11.9. The molecule has 0 aromatic heterocycles. The highest BCUT2D eigenvalue weighted by Crippen LogP contribution is 2.18. The molecule has 0 saturated heterocycles. The molecule has 0 radical (unpaired) electrons. The molecule has 0 fully saturated rings. The van der Waals surface area contributed by atoms with Crippen LogP contribution in [0.3, 0.4) is 0 Å². The largest absolute Gasteiger partial charge is 0.484 e. The fraction of sp³-hybridized carbons (Fsp3) is 0.125. The van der Waals surface area contributed by atoms with Gasteiger partial charge in [0.15, 0.2) is 6.61 Å². The molecule has 1 N–H and O–H groups in total. The van der Waals surface area contributed by atoms with Gasteiger partial charge in [0.2, 0.25) is 0 Å². The summed E-state index contributed by atoms with van der Waals surface area (Å²) in [5.41, 5.74) is 2.28. The first-order valence-corrected chi connectivity index (χ1v) is 7.40. The van der Waals surface area contributed by atoms with E-state index in [1.807, 2.05) is 25.1 Å². The summed E-state index contributed by atoms with van der Waals surface area (Å²) in [5, 5.41) is 2.80. The van der Waals surface area contributed by atoms with Crippen LogP contribution >= 0.6 is 22.6 Å². The lowest BCUT2D eigenvalue weighted by atomic mass is 10.2. The zero-order valence-electron chi connectivity index (χ0n) is 11.4. The number of aryl methyl sites for hydroxylation is 1. The van der Waals surface area contributed by atoms with Crippen molar-refractivity contribution < 1.29 is 14.3 Å². The molecule has 2 aromatic carbocycles. The van der Waals surface area contributed by atoms with Gasteiger partial charge in [0.1, 0.15) is 12.0 Å². The van der Waals surface area contributed by atoms with Gasteiger partial charge in [-0.05, 0) is 65.4 Å². The minimum atomic E-state index is -0.240. The summed E-state index contributed by atoms with van der Waals surface area (Å²) < 4.78 is 6.49. The predicted molar refractivity (Wildman–Crippen MR) is 89.9 cm³/mol. The van der Waals surface area contributed by atoms with Crippen LogP contribution in [0.4, 0.5) is 5.69 Å². The van der Waals surface area contributed by atoms with Crippen molar-refractivity contribution in [1.29, 1.82) is 0 Å². The number of halogens is 1. The molecule has 0 heterocycles. The molecule has 1 amide bonds. The van der Waals surface area contributed by atoms with Gasteiger partial charge in [-0.3, -0.25) is 9.59 Å². The van der Waals surface area contributed by atoms with Crippen molar-refractivity contribution in [3.05, 3.63) is 57.2 Å². The van der Waals surface area contributed by atoms with E-state index in [0.29, 0.717) is 11.3 Å². The Morgan fingerprint density at radius 2 is 2.10 bits per heavy atom. The summed E-state index contributed by atoms with van der Waals surface area (Å²) in [5.74, 6) is 0.255. The molecule has 21 heavy (non-hydrogen) atoms. The minimum absolute atomic E-state index is 0.103. The second-order valence-corrected chi connectivity index (χ2v) is 5.73. The highest BCUT2D eigenvalue weighted by molar-refractivity contribution is 14.1. The lowest BCUT2D eigenvalue weighted by Gasteiger charge is -2.10. The summed E-state index contributed by atoms with van der Waals surface area (Å²) in [6.07, 6.45) is 0.738. The van der Waals surface area contributed by atoms with Crippen molar-refractivity contribution in [2.75, 3.05) is 11.9 Å². The van der Waals surface area contributed by atoms with Crippen LogP contribution in [0.5, 0.6) is 5.75 Å². The first-order valence-electron chi connectivity index (χ1n) is 6.32. The van der Waals surface area contributed by atoms with Gasteiger partial charge >= 0.3 is 0 Å². The Bertz CT molecular complexity index is 670. The zero-order chi connectivity index (χ0) is 15.2. The second-order valence-electron chi connectivity index (χ2n) is 4.49. The molecule has 0 aliphatic heterocycles. The van der Waals surface area contributed by atoms with Crippen LogP contribution in [0, 0.1) is 10.5 Å². The number of anilines is 1. The Balaban J connectivity index is 1.94. The van der Waals surface area contributed by atoms with Gasteiger partial charge < -0.3 is 10.1 Å². The van der Waals surface area contributed by atoms with Gasteiger partial charge in [-0.1, -0.05) is 12.1 Å². The molecule has 0 unspecified atom stereocenters. The Morgan fingerprint density at radius 3 is 2.81 bits per heavy atom. The third kappa shape index (κ3) is 4.56. The van der Waals surface area contributed by atoms with Crippen molar-refractivity contribution in [3.63, 3.8) is 0 Å². The second kappa shape index (κ2) is 7.21. The Hall–Kier alpha value is -1.89. The van der Waals surface area contributed by atoms with Crippen LogP contribution in [0.2, 0.25) is 0 Å². The van der Waals surface area contributed by atoms with E-state index in [1.54, 1.807) is 24.3 Å². The van der Waals surface area contributed by atoms with Crippen LogP contribution in [-0.2, 0) is 4.79 Å². The monoisotopic (exact) mass is 395 g/mol. The number of amides is 1. The van der Waals surface area contributed by atoms with Crippen LogP contribution in [-0.4, -0.2) is 18.8 Å². The number of nitrogens with one attached hydrogen (secondary N) is 1. The van der Waals surface area contributed by atoms with E-state index in [0.717, 1.165) is 21.1 Å². The van der Waals surface area contributed by atoms with Crippen molar-refractivity contribution in [2.45, 2.75) is 6.92 Å². The van der Waals surface area contributed by atoms with E-state index in [-0.39, 0.29) is 12.5 Å². The van der Waals surface area contributed by atoms with Gasteiger partial charge in [0.05, 0.1) is 0 Å². The molecule has 0 bridgehead atoms. The van der Waals surface area contributed by atoms with Crippen molar-refractivity contribution in [2.24, 2.45) is 0 Å². The first-order chi connectivity index (χ1) is 10.1. The van der Waals surface area contributed by atoms with E-state index in [9.17, 15) is 9.59 Å². The number of rotatable bonds is 5. The maximum absolute atomic E-state index is 11.9. The number of carbonyl (C=O) groups is 2. The van der Waals surface area contributed by atoms with Crippen LogP contribution in [0.25, 0.3) is 0 Å². The van der Waals surface area contributed by atoms with E-state index in [1.165, 1.54) is 0 Å². The number of benzene rings is 2. The molecule has 0 saturated carbocycles. The Labute approximate surface area is 136 Å². The molecule has 2 rings (SSSR count). The van der Waals surface area contributed by atoms with E-state index in [4.69, 9.17) is 4.74 Å². The van der Waals surface area contributed by atoms with E-state index >= 15 is 0 Å². The fourth-order valence-electron chi connectivity index (χ4n) is 1.78. The Morgan fingerprint density at radius 1 is 1.29 bits per heavy atom. The number of hydrogen-bond acceptors (Lipinski definition) is 3. The maximum Gasteiger partial charge on any atom is 0.262 e. The average molecular weight is 395 g/mol. The van der Waals surface area contributed by atoms with E-state index in [2.05, 4.69) is 27.9 Å². The van der Waals surface area contributed by atoms with Gasteiger partial charge in [0, 0.05) is 14.8 Å². The molecule has 0 spiro atoms. The molecule has 0 atom stereocenters. The summed E-state index contributed by atoms with van der Waals surface area (Å²) >= 11 is 2.22. The highest BCUT2D eigenvalue weighted by Gasteiger charge is 2.06. The van der Waals surface area contributed by atoms with Crippen molar-refractivity contribution >= 4 is 40.5 Å². The average Bonchev–Trinajstić information content (AvgIpc) is 2.48. The van der Waals surface area contributed by atoms with Gasteiger partial charge in [-0.15, -0.1) is 0 Å². The molecular formula is C16H14INO3. The number of carbonyl (C=O) groups excluding carboxylic acids is 2. The quantitative estimate of drug-likeness (QED) is 0.624. The summed E-state index contributed by atoms with van der Waals surface area (Å²) in [6, 6.07) is 12.5. The number of aldehydes is 1. The standard InChI is InChI=1S/C16H14INO3/c1-11-7-13(17)5-6-15(11)18-16(20)10-21-14-4-2-3-12(8-14)9-19/h2-9H,10H2,1H3,(H,18,20). The smallest absolute Gasteiger partial charge is 0.262 e. The summed E-state index contributed by atoms with van der Waals surface area (Å²) in [4.78, 5) is 22.5. The van der Waals surface area contributed by atoms with E-state index < -0.39 is 0 Å². The highest BCUT2D eigenvalue weighted by atomic mass is 127. The molecule has 0 aliphatic carbocycles. The molecular weight excluding hydrogens is 381 g/mol. The summed E-state index contributed by atoms with van der Waals surface area (Å²) in [6.45, 7) is 1.83. The van der Waals surface area contributed by atoms with Crippen LogP contribution in [0.1, 0.15) is 15.9 Å². The Kier molecular flexibility index (Phi) is 5.32. The molecule has 2 aromatic rings. The third-order valence-electron chi connectivity index (χ3n) is 2.83.